The van der Waals surface area contributed by atoms with Gasteiger partial charge in [-0.3, -0.25) is 14.5 Å². The molecule has 2 aliphatic heterocycles. The van der Waals surface area contributed by atoms with Crippen molar-refractivity contribution in [3.63, 3.8) is 0 Å². The second kappa shape index (κ2) is 16.2. The van der Waals surface area contributed by atoms with E-state index in [2.05, 4.69) is 35.2 Å². The number of benzene rings is 1. The molecular formula is C38H47FN10O6. The van der Waals surface area contributed by atoms with E-state index in [1.807, 2.05) is 27.7 Å². The first kappa shape index (κ1) is 38.8. The van der Waals surface area contributed by atoms with Crippen LogP contribution in [0.1, 0.15) is 77.1 Å². The van der Waals surface area contributed by atoms with E-state index in [-0.39, 0.29) is 35.3 Å². The van der Waals surface area contributed by atoms with Crippen LogP contribution in [0.4, 0.5) is 14.0 Å². The van der Waals surface area contributed by atoms with Crippen LogP contribution in [0, 0.1) is 17.7 Å². The normalized spacial score (nSPS) is 18.1. The van der Waals surface area contributed by atoms with Crippen LogP contribution in [0.15, 0.2) is 43.0 Å². The number of carbonyl (C=O) groups excluding carboxylic acids is 3. The summed E-state index contributed by atoms with van der Waals surface area (Å²) in [6.45, 7) is 8.36. The topological polar surface area (TPSA) is 203 Å². The number of nitrogens with one attached hydrogen (secondary N) is 3. The highest BCUT2D eigenvalue weighted by Gasteiger charge is 2.40. The van der Waals surface area contributed by atoms with Gasteiger partial charge < -0.3 is 34.9 Å². The van der Waals surface area contributed by atoms with Gasteiger partial charge in [0, 0.05) is 49.2 Å². The van der Waals surface area contributed by atoms with E-state index in [0.29, 0.717) is 65.9 Å². The van der Waals surface area contributed by atoms with Crippen molar-refractivity contribution in [3.8, 4) is 33.9 Å². The Morgan fingerprint density at radius 1 is 0.855 bits per heavy atom. The van der Waals surface area contributed by atoms with Gasteiger partial charge in [0.05, 0.1) is 43.0 Å². The molecule has 5 heterocycles. The number of carboxylic acid groups (broad SMARTS) is 1. The minimum absolute atomic E-state index is 0.148. The predicted octanol–water partition coefficient (Wildman–Crippen LogP) is 5.40. The van der Waals surface area contributed by atoms with Crippen LogP contribution in [-0.4, -0.2) is 113 Å². The lowest BCUT2D eigenvalue weighted by Gasteiger charge is -2.33. The molecule has 2 aliphatic rings. The molecule has 292 valence electrons. The molecule has 0 spiro atoms. The average molecular weight is 759 g/mol. The Morgan fingerprint density at radius 3 is 1.98 bits per heavy atom. The molecule has 4 atom stereocenters. The number of likely N-dealkylation sites (N-methyl/N-ethyl adjacent to an activating group) is 1. The number of ether oxygens (including phenoxy) is 1. The fourth-order valence-electron chi connectivity index (χ4n) is 7.48. The van der Waals surface area contributed by atoms with Gasteiger partial charge >= 0.3 is 12.2 Å². The zero-order valence-electron chi connectivity index (χ0n) is 31.7. The molecule has 0 saturated carbocycles. The van der Waals surface area contributed by atoms with Crippen molar-refractivity contribution < 1.29 is 33.4 Å². The molecule has 6 rings (SSSR count). The zero-order chi connectivity index (χ0) is 39.6. The van der Waals surface area contributed by atoms with Gasteiger partial charge in [0.1, 0.15) is 29.5 Å². The smallest absolute Gasteiger partial charge is 0.407 e. The Kier molecular flexibility index (Phi) is 11.5. The molecule has 1 unspecified atom stereocenters. The van der Waals surface area contributed by atoms with E-state index in [4.69, 9.17) is 4.74 Å². The molecule has 4 aromatic rings. The molecule has 1 aromatic carbocycles. The lowest BCUT2D eigenvalue weighted by atomic mass is 10.0. The van der Waals surface area contributed by atoms with Gasteiger partial charge in [0.25, 0.3) is 0 Å². The van der Waals surface area contributed by atoms with Crippen molar-refractivity contribution >= 4 is 24.0 Å². The van der Waals surface area contributed by atoms with Gasteiger partial charge in [-0.25, -0.2) is 33.9 Å². The molecule has 4 amide bonds. The Bertz CT molecular complexity index is 2030. The summed E-state index contributed by atoms with van der Waals surface area (Å²) < 4.78 is 20.4. The minimum Gasteiger partial charge on any atom is -0.465 e. The second-order valence-corrected chi connectivity index (χ2v) is 14.7. The highest BCUT2D eigenvalue weighted by molar-refractivity contribution is 5.87. The van der Waals surface area contributed by atoms with Gasteiger partial charge in [-0.05, 0) is 49.7 Å². The molecule has 55 heavy (non-hydrogen) atoms. The number of amides is 4. The third kappa shape index (κ3) is 8.00. The molecular weight excluding hydrogens is 711 g/mol. The molecule has 2 saturated heterocycles. The summed E-state index contributed by atoms with van der Waals surface area (Å²) in [4.78, 5) is 79.7. The van der Waals surface area contributed by atoms with Crippen LogP contribution in [0.3, 0.4) is 0 Å². The van der Waals surface area contributed by atoms with Crippen LogP contribution in [-0.2, 0) is 14.3 Å². The quantitative estimate of drug-likeness (QED) is 0.153. The van der Waals surface area contributed by atoms with E-state index in [9.17, 15) is 24.3 Å². The summed E-state index contributed by atoms with van der Waals surface area (Å²) in [5, 5.41) is 12.2. The first-order chi connectivity index (χ1) is 26.3. The lowest BCUT2D eigenvalue weighted by molar-refractivity contribution is -0.138. The molecule has 3 aromatic heterocycles. The average Bonchev–Trinajstić information content (AvgIpc) is 4.00. The third-order valence-corrected chi connectivity index (χ3v) is 10.4. The summed E-state index contributed by atoms with van der Waals surface area (Å²) in [5.41, 5.74) is 2.50. The SMILES string of the molecule is COC(=O)N[C@H](C(=O)N1CCCC1c1ncc(-c2cnc(-c3ccc(-c4cnc([C@@H]5CCCN5C(=O)[C@H](C(C)C)N(C)C(=O)O)[nH]4)c(F)c3)nc2)[nH]1)C(C)C. The van der Waals surface area contributed by atoms with Gasteiger partial charge in [-0.15, -0.1) is 0 Å². The first-order valence-electron chi connectivity index (χ1n) is 18.4. The molecule has 4 N–H and O–H groups in total. The Morgan fingerprint density at radius 2 is 1.44 bits per heavy atom. The Hall–Kier alpha value is -5.87. The van der Waals surface area contributed by atoms with Crippen molar-refractivity contribution in [2.75, 3.05) is 27.2 Å². The van der Waals surface area contributed by atoms with E-state index in [1.54, 1.807) is 40.5 Å². The van der Waals surface area contributed by atoms with Crippen molar-refractivity contribution in [3.05, 3.63) is 60.5 Å². The number of hydrogen-bond donors (Lipinski definition) is 4. The van der Waals surface area contributed by atoms with E-state index < -0.39 is 36.1 Å². The minimum atomic E-state index is -1.18. The lowest BCUT2D eigenvalue weighted by Crippen LogP contribution is -2.51. The number of halogens is 1. The number of aromatic amines is 2. The summed E-state index contributed by atoms with van der Waals surface area (Å²) in [7, 11) is 2.66. The molecule has 2 fully saturated rings. The fraction of sp³-hybridized carbons (Fsp3) is 0.474. The number of methoxy groups -OCH3 is 1. The number of H-pyrrole nitrogens is 2. The van der Waals surface area contributed by atoms with Crippen LogP contribution >= 0.6 is 0 Å². The maximum atomic E-state index is 15.6. The van der Waals surface area contributed by atoms with Crippen LogP contribution in [0.5, 0.6) is 0 Å². The molecule has 0 bridgehead atoms. The molecule has 0 radical (unpaired) electrons. The van der Waals surface area contributed by atoms with Crippen LogP contribution < -0.4 is 5.32 Å². The summed E-state index contributed by atoms with van der Waals surface area (Å²) in [6, 6.07) is 2.42. The van der Waals surface area contributed by atoms with Crippen molar-refractivity contribution in [1.82, 2.24) is 49.9 Å². The maximum Gasteiger partial charge on any atom is 0.407 e. The predicted molar refractivity (Wildman–Crippen MR) is 199 cm³/mol. The van der Waals surface area contributed by atoms with E-state index in [0.717, 1.165) is 17.7 Å². The standard InChI is InChI=1S/C38H47FN10O6/c1-20(2)30(46-37(52)55-6)35(50)48-13-7-9-28(48)33-42-18-26(44-33)23-16-40-32(41-17-23)22-11-12-24(25(39)15-22)27-19-43-34(45-27)29-10-8-14-49(29)36(51)31(21(3)4)47(5)38(53)54/h11-12,15-21,28-31H,7-10,13-14H2,1-6H3,(H,42,44)(H,43,45)(H,46,52)(H,53,54)/t28?,29-,30-,31-/m0/s1. The highest BCUT2D eigenvalue weighted by atomic mass is 19.1. The van der Waals surface area contributed by atoms with Crippen molar-refractivity contribution in [1.29, 1.82) is 0 Å². The number of rotatable bonds is 11. The molecule has 0 aliphatic carbocycles. The van der Waals surface area contributed by atoms with Gasteiger partial charge in [-0.1, -0.05) is 33.8 Å². The number of nitrogens with zero attached hydrogens (tertiary/aromatic N) is 7. The van der Waals surface area contributed by atoms with Crippen molar-refractivity contribution in [2.45, 2.75) is 77.5 Å². The summed E-state index contributed by atoms with van der Waals surface area (Å²) in [5.74, 6) is 0.0562. The Labute approximate surface area is 317 Å². The Balaban J connectivity index is 1.14. The van der Waals surface area contributed by atoms with Gasteiger partial charge in [0.2, 0.25) is 11.8 Å². The second-order valence-electron chi connectivity index (χ2n) is 14.7. The van der Waals surface area contributed by atoms with Crippen LogP contribution in [0.2, 0.25) is 0 Å². The first-order valence-corrected chi connectivity index (χ1v) is 18.4. The largest absolute Gasteiger partial charge is 0.465 e. The number of likely N-dealkylation sites (tertiary alicyclic amines) is 2. The number of aromatic nitrogens is 6. The zero-order valence-corrected chi connectivity index (χ0v) is 31.7. The molecule has 17 heteroatoms. The maximum absolute atomic E-state index is 15.6. The summed E-state index contributed by atoms with van der Waals surface area (Å²) >= 11 is 0. The van der Waals surface area contributed by atoms with Crippen LogP contribution in [0.25, 0.3) is 33.9 Å². The fourth-order valence-corrected chi connectivity index (χ4v) is 7.48. The molecule has 16 nitrogen and oxygen atoms in total. The number of alkyl carbamates (subject to hydrolysis) is 1. The third-order valence-electron chi connectivity index (χ3n) is 10.4. The van der Waals surface area contributed by atoms with Crippen molar-refractivity contribution in [2.24, 2.45) is 11.8 Å². The number of hydrogen-bond acceptors (Lipinski definition) is 9. The van der Waals surface area contributed by atoms with E-state index >= 15 is 4.39 Å². The van der Waals surface area contributed by atoms with Gasteiger partial charge in [-0.2, -0.15) is 0 Å². The van der Waals surface area contributed by atoms with Gasteiger partial charge in [0.15, 0.2) is 5.82 Å². The highest BCUT2D eigenvalue weighted by Crippen LogP contribution is 2.35. The number of carbonyl (C=O) groups is 4. The van der Waals surface area contributed by atoms with E-state index in [1.165, 1.54) is 26.4 Å². The number of imidazole rings is 2. The monoisotopic (exact) mass is 758 g/mol. The summed E-state index contributed by atoms with van der Waals surface area (Å²) in [6.07, 6.45) is 7.46.